The Morgan fingerprint density at radius 2 is 1.95 bits per heavy atom. The highest BCUT2D eigenvalue weighted by Gasteiger charge is 2.23. The zero-order chi connectivity index (χ0) is 14.9. The van der Waals surface area contributed by atoms with Crippen LogP contribution >= 0.6 is 0 Å². The second-order valence-corrected chi connectivity index (χ2v) is 6.05. The van der Waals surface area contributed by atoms with Crippen LogP contribution in [0.25, 0.3) is 11.0 Å². The molecule has 0 bridgehead atoms. The monoisotopic (exact) mass is 293 g/mol. The van der Waals surface area contributed by atoms with Crippen LogP contribution in [0.4, 0.5) is 0 Å². The number of aromatic nitrogens is 3. The molecule has 4 rings (SSSR count). The number of rotatable bonds is 5. The number of fused-ring (bicyclic) bond motifs is 1. The van der Waals surface area contributed by atoms with Crippen LogP contribution < -0.4 is 4.74 Å². The summed E-state index contributed by atoms with van der Waals surface area (Å²) < 4.78 is 7.24. The van der Waals surface area contributed by atoms with Gasteiger partial charge in [0, 0.05) is 18.1 Å². The number of hydrogen-bond acceptors (Lipinski definition) is 3. The Bertz CT molecular complexity index is 788. The Hall–Kier alpha value is -2.36. The second-order valence-electron chi connectivity index (χ2n) is 6.05. The van der Waals surface area contributed by atoms with E-state index in [0.29, 0.717) is 0 Å². The molecule has 3 aromatic rings. The van der Waals surface area contributed by atoms with Crippen molar-refractivity contribution >= 4 is 11.0 Å². The Labute approximate surface area is 129 Å². The van der Waals surface area contributed by atoms with E-state index in [4.69, 9.17) is 4.74 Å². The van der Waals surface area contributed by atoms with Gasteiger partial charge < -0.3 is 4.74 Å². The number of ether oxygens (including phenoxy) is 1. The van der Waals surface area contributed by atoms with Crippen molar-refractivity contribution in [3.63, 3.8) is 0 Å². The summed E-state index contributed by atoms with van der Waals surface area (Å²) in [6, 6.07) is 10.4. The highest BCUT2D eigenvalue weighted by Crippen LogP contribution is 2.31. The van der Waals surface area contributed by atoms with Crippen molar-refractivity contribution in [2.75, 3.05) is 7.11 Å². The lowest BCUT2D eigenvalue weighted by molar-refractivity contribution is 0.414. The number of benzene rings is 1. The molecule has 0 atom stereocenters. The average Bonchev–Trinajstić information content (AvgIpc) is 3.28. The third-order valence-corrected chi connectivity index (χ3v) is 4.23. The molecular weight excluding hydrogens is 274 g/mol. The lowest BCUT2D eigenvalue weighted by Gasteiger charge is -2.05. The van der Waals surface area contributed by atoms with E-state index in [1.54, 1.807) is 7.11 Å². The van der Waals surface area contributed by atoms with Crippen LogP contribution in [0.5, 0.6) is 5.75 Å². The maximum Gasteiger partial charge on any atom is 0.157 e. The fourth-order valence-corrected chi connectivity index (χ4v) is 2.77. The highest BCUT2D eigenvalue weighted by molar-refractivity contribution is 5.75. The quantitative estimate of drug-likeness (QED) is 0.723. The van der Waals surface area contributed by atoms with E-state index in [0.717, 1.165) is 35.7 Å². The van der Waals surface area contributed by atoms with E-state index in [2.05, 4.69) is 28.3 Å². The van der Waals surface area contributed by atoms with E-state index < -0.39 is 0 Å². The fourth-order valence-electron chi connectivity index (χ4n) is 2.77. The number of pyridine rings is 1. The molecule has 0 N–H and O–H groups in total. The minimum absolute atomic E-state index is 0.809. The fraction of sp³-hybridized carbons (Fsp3) is 0.333. The van der Waals surface area contributed by atoms with Crippen molar-refractivity contribution < 1.29 is 4.74 Å². The summed E-state index contributed by atoms with van der Waals surface area (Å²) in [5.74, 6) is 1.70. The van der Waals surface area contributed by atoms with Crippen molar-refractivity contribution in [1.29, 1.82) is 0 Å². The van der Waals surface area contributed by atoms with Crippen molar-refractivity contribution in [1.82, 2.24) is 14.8 Å². The molecule has 0 spiro atoms. The summed E-state index contributed by atoms with van der Waals surface area (Å²) in [6.45, 7) is 1.01. The van der Waals surface area contributed by atoms with Crippen LogP contribution in [0.15, 0.2) is 42.7 Å². The molecule has 0 saturated heterocycles. The predicted octanol–water partition coefficient (Wildman–Crippen LogP) is 3.44. The van der Waals surface area contributed by atoms with Crippen LogP contribution in [-0.4, -0.2) is 21.9 Å². The average molecular weight is 293 g/mol. The maximum absolute atomic E-state index is 5.19. The molecular formula is C18H19N3O. The lowest BCUT2D eigenvalue weighted by atomic mass is 10.1. The van der Waals surface area contributed by atoms with Crippen molar-refractivity contribution in [2.45, 2.75) is 25.8 Å². The topological polar surface area (TPSA) is 39.9 Å². The molecule has 0 aliphatic heterocycles. The van der Waals surface area contributed by atoms with Gasteiger partial charge in [0.25, 0.3) is 0 Å². The van der Waals surface area contributed by atoms with E-state index in [9.17, 15) is 0 Å². The molecule has 112 valence electrons. The number of hydrogen-bond donors (Lipinski definition) is 0. The van der Waals surface area contributed by atoms with Gasteiger partial charge in [0.1, 0.15) is 5.75 Å². The summed E-state index contributed by atoms with van der Waals surface area (Å²) in [6.07, 6.45) is 7.44. The second kappa shape index (κ2) is 5.44. The van der Waals surface area contributed by atoms with E-state index in [1.165, 1.54) is 24.0 Å². The maximum atomic E-state index is 5.19. The van der Waals surface area contributed by atoms with E-state index in [-0.39, 0.29) is 0 Å². The Morgan fingerprint density at radius 3 is 2.68 bits per heavy atom. The van der Waals surface area contributed by atoms with Crippen molar-refractivity contribution in [3.8, 4) is 5.75 Å². The van der Waals surface area contributed by atoms with E-state index in [1.807, 2.05) is 29.2 Å². The van der Waals surface area contributed by atoms with Gasteiger partial charge in [-0.15, -0.1) is 0 Å². The SMILES string of the molecule is COc1ccc(Cc2cnc3c(cnn3CC3CC3)c2)cc1. The highest BCUT2D eigenvalue weighted by atomic mass is 16.5. The Kier molecular flexibility index (Phi) is 3.29. The Balaban J connectivity index is 1.56. The van der Waals surface area contributed by atoms with Gasteiger partial charge in [-0.05, 0) is 54.5 Å². The van der Waals surface area contributed by atoms with Gasteiger partial charge in [-0.1, -0.05) is 12.1 Å². The largest absolute Gasteiger partial charge is 0.497 e. The zero-order valence-electron chi connectivity index (χ0n) is 12.7. The zero-order valence-corrected chi connectivity index (χ0v) is 12.7. The smallest absolute Gasteiger partial charge is 0.157 e. The summed E-state index contributed by atoms with van der Waals surface area (Å²) >= 11 is 0. The molecule has 2 heterocycles. The van der Waals surface area contributed by atoms with Gasteiger partial charge in [-0.25, -0.2) is 9.67 Å². The van der Waals surface area contributed by atoms with Gasteiger partial charge in [0.05, 0.1) is 13.3 Å². The molecule has 1 aliphatic carbocycles. The van der Waals surface area contributed by atoms with Crippen LogP contribution in [0.3, 0.4) is 0 Å². The van der Waals surface area contributed by atoms with Crippen LogP contribution in [0.2, 0.25) is 0 Å². The number of nitrogens with zero attached hydrogens (tertiary/aromatic N) is 3. The molecule has 2 aromatic heterocycles. The molecule has 1 fully saturated rings. The molecule has 1 aliphatic rings. The molecule has 4 nitrogen and oxygen atoms in total. The predicted molar refractivity (Wildman–Crippen MR) is 86.1 cm³/mol. The number of methoxy groups -OCH3 is 1. The molecule has 4 heteroatoms. The van der Waals surface area contributed by atoms with Crippen molar-refractivity contribution in [2.24, 2.45) is 5.92 Å². The van der Waals surface area contributed by atoms with Crippen LogP contribution in [0.1, 0.15) is 24.0 Å². The van der Waals surface area contributed by atoms with Gasteiger partial charge in [-0.2, -0.15) is 5.10 Å². The van der Waals surface area contributed by atoms with E-state index >= 15 is 0 Å². The first-order valence-electron chi connectivity index (χ1n) is 7.75. The lowest BCUT2D eigenvalue weighted by Crippen LogP contribution is -2.02. The minimum atomic E-state index is 0.809. The molecule has 22 heavy (non-hydrogen) atoms. The standard InChI is InChI=1S/C18H19N3O/c1-22-17-6-4-13(5-7-17)8-15-9-16-11-20-21(12-14-2-3-14)18(16)19-10-15/h4-7,9-11,14H,2-3,8,12H2,1H3. The summed E-state index contributed by atoms with van der Waals surface area (Å²) in [7, 11) is 1.69. The first-order valence-corrected chi connectivity index (χ1v) is 7.75. The van der Waals surface area contributed by atoms with Gasteiger partial charge in [0.2, 0.25) is 0 Å². The third-order valence-electron chi connectivity index (χ3n) is 4.23. The van der Waals surface area contributed by atoms with Gasteiger partial charge in [0.15, 0.2) is 5.65 Å². The Morgan fingerprint density at radius 1 is 1.14 bits per heavy atom. The summed E-state index contributed by atoms with van der Waals surface area (Å²) in [5, 5.41) is 5.62. The van der Waals surface area contributed by atoms with Gasteiger partial charge in [-0.3, -0.25) is 0 Å². The van der Waals surface area contributed by atoms with Crippen LogP contribution in [0, 0.1) is 5.92 Å². The first-order chi connectivity index (χ1) is 10.8. The third kappa shape index (κ3) is 2.69. The molecule has 0 radical (unpaired) electrons. The first kappa shape index (κ1) is 13.3. The normalized spacial score (nSPS) is 14.4. The summed E-state index contributed by atoms with van der Waals surface area (Å²) in [4.78, 5) is 4.63. The molecule has 0 amide bonds. The molecule has 0 unspecified atom stereocenters. The van der Waals surface area contributed by atoms with Gasteiger partial charge >= 0.3 is 0 Å². The summed E-state index contributed by atoms with van der Waals surface area (Å²) in [5.41, 5.74) is 3.47. The van der Waals surface area contributed by atoms with Crippen molar-refractivity contribution in [3.05, 3.63) is 53.9 Å². The molecule has 1 saturated carbocycles. The van der Waals surface area contributed by atoms with Crippen LogP contribution in [-0.2, 0) is 13.0 Å². The minimum Gasteiger partial charge on any atom is -0.497 e. The molecule has 1 aromatic carbocycles.